The van der Waals surface area contributed by atoms with Crippen LogP contribution < -0.4 is 15.2 Å². The fourth-order valence-corrected chi connectivity index (χ4v) is 4.02. The number of pyridine rings is 1. The van der Waals surface area contributed by atoms with E-state index in [1.807, 2.05) is 22.8 Å². The summed E-state index contributed by atoms with van der Waals surface area (Å²) in [6.07, 6.45) is 4.76. The number of anilines is 1. The highest BCUT2D eigenvalue weighted by molar-refractivity contribution is 7.71. The summed E-state index contributed by atoms with van der Waals surface area (Å²) in [6, 6.07) is 8.15. The maximum atomic E-state index is 9.59. The molecule has 5 nitrogen and oxygen atoms in total. The van der Waals surface area contributed by atoms with Gasteiger partial charge in [-0.1, -0.05) is 18.3 Å². The number of aromatic nitrogens is 1. The van der Waals surface area contributed by atoms with Crippen LogP contribution in [0, 0.1) is 16.0 Å². The molecule has 1 aliphatic carbocycles. The van der Waals surface area contributed by atoms with Crippen molar-refractivity contribution in [2.75, 3.05) is 20.0 Å². The van der Waals surface area contributed by atoms with E-state index in [1.165, 1.54) is 0 Å². The van der Waals surface area contributed by atoms with Gasteiger partial charge in [0.05, 0.1) is 19.8 Å². The van der Waals surface area contributed by atoms with E-state index in [0.29, 0.717) is 29.4 Å². The Balaban J connectivity index is 1.94. The minimum absolute atomic E-state index is 0.485. The molecule has 0 radical (unpaired) electrons. The van der Waals surface area contributed by atoms with Gasteiger partial charge in [-0.05, 0) is 60.9 Å². The van der Waals surface area contributed by atoms with Crippen LogP contribution in [0.15, 0.2) is 18.2 Å². The number of nitrogens with two attached hydrogens (primary N) is 1. The SMILES string of the molecule is COc1ccc(CCn2c(N)c(C#N)c3c(c2=S)CCCC3)cc1OC. The molecule has 26 heavy (non-hydrogen) atoms. The van der Waals surface area contributed by atoms with Gasteiger partial charge in [0.25, 0.3) is 0 Å². The Labute approximate surface area is 159 Å². The van der Waals surface area contributed by atoms with Crippen molar-refractivity contribution in [3.05, 3.63) is 45.1 Å². The van der Waals surface area contributed by atoms with Gasteiger partial charge in [0.15, 0.2) is 11.5 Å². The molecule has 0 saturated heterocycles. The first-order chi connectivity index (χ1) is 12.6. The normalized spacial score (nSPS) is 13.0. The summed E-state index contributed by atoms with van der Waals surface area (Å²) >= 11 is 5.71. The molecule has 1 aliphatic rings. The van der Waals surface area contributed by atoms with E-state index in [0.717, 1.165) is 53.4 Å². The molecule has 0 spiro atoms. The zero-order chi connectivity index (χ0) is 18.7. The molecule has 136 valence electrons. The maximum Gasteiger partial charge on any atom is 0.160 e. The molecular formula is C20H23N3O2S. The molecule has 1 aromatic heterocycles. The number of rotatable bonds is 5. The van der Waals surface area contributed by atoms with Crippen molar-refractivity contribution in [3.63, 3.8) is 0 Å². The molecule has 0 aliphatic heterocycles. The summed E-state index contributed by atoms with van der Waals surface area (Å²) in [6.45, 7) is 0.627. The number of hydrogen-bond acceptors (Lipinski definition) is 5. The third-order valence-electron chi connectivity index (χ3n) is 5.00. The van der Waals surface area contributed by atoms with Gasteiger partial charge >= 0.3 is 0 Å². The van der Waals surface area contributed by atoms with Crippen LogP contribution in [0.1, 0.15) is 35.1 Å². The molecule has 0 atom stereocenters. The molecule has 3 rings (SSSR count). The van der Waals surface area contributed by atoms with Gasteiger partial charge < -0.3 is 19.8 Å². The minimum Gasteiger partial charge on any atom is -0.493 e. The molecule has 1 heterocycles. The molecule has 1 aromatic carbocycles. The van der Waals surface area contributed by atoms with Crippen LogP contribution in [-0.2, 0) is 25.8 Å². The third kappa shape index (κ3) is 3.27. The predicted molar refractivity (Wildman–Crippen MR) is 104 cm³/mol. The number of aryl methyl sites for hydroxylation is 1. The van der Waals surface area contributed by atoms with Crippen LogP contribution in [0.4, 0.5) is 5.82 Å². The second-order valence-electron chi connectivity index (χ2n) is 6.43. The molecule has 0 fully saturated rings. The largest absolute Gasteiger partial charge is 0.493 e. The third-order valence-corrected chi connectivity index (χ3v) is 5.47. The number of hydrogen-bond donors (Lipinski definition) is 1. The Morgan fingerprint density at radius 1 is 1.15 bits per heavy atom. The number of nitriles is 1. The van der Waals surface area contributed by atoms with Crippen molar-refractivity contribution in [3.8, 4) is 17.6 Å². The van der Waals surface area contributed by atoms with E-state index in [2.05, 4.69) is 6.07 Å². The molecule has 2 aromatic rings. The molecule has 6 heteroatoms. The van der Waals surface area contributed by atoms with Crippen molar-refractivity contribution < 1.29 is 9.47 Å². The Morgan fingerprint density at radius 3 is 2.50 bits per heavy atom. The van der Waals surface area contributed by atoms with E-state index < -0.39 is 0 Å². The molecule has 0 unspecified atom stereocenters. The van der Waals surface area contributed by atoms with Gasteiger partial charge in [-0.3, -0.25) is 0 Å². The quantitative estimate of drug-likeness (QED) is 0.811. The molecule has 0 bridgehead atoms. The summed E-state index contributed by atoms with van der Waals surface area (Å²) < 4.78 is 13.3. The number of ether oxygens (including phenoxy) is 2. The van der Waals surface area contributed by atoms with E-state index in [9.17, 15) is 5.26 Å². The molecule has 0 saturated carbocycles. The van der Waals surface area contributed by atoms with Crippen molar-refractivity contribution >= 4 is 18.0 Å². The number of nitrogens with zero attached hydrogens (tertiary/aromatic N) is 2. The number of fused-ring (bicyclic) bond motifs is 1. The molecule has 0 amide bonds. The first kappa shape index (κ1) is 18.3. The Hall–Kier alpha value is -2.52. The number of methoxy groups -OCH3 is 2. The van der Waals surface area contributed by atoms with Crippen molar-refractivity contribution in [1.29, 1.82) is 5.26 Å². The van der Waals surface area contributed by atoms with Gasteiger partial charge in [-0.25, -0.2) is 0 Å². The van der Waals surface area contributed by atoms with E-state index in [4.69, 9.17) is 27.4 Å². The fourth-order valence-electron chi connectivity index (χ4n) is 3.60. The smallest absolute Gasteiger partial charge is 0.160 e. The summed E-state index contributed by atoms with van der Waals surface area (Å²) in [7, 11) is 3.24. The topological polar surface area (TPSA) is 73.2 Å². The summed E-state index contributed by atoms with van der Waals surface area (Å²) in [5, 5.41) is 9.59. The molecule has 2 N–H and O–H groups in total. The van der Waals surface area contributed by atoms with Gasteiger partial charge in [0, 0.05) is 6.54 Å². The summed E-state index contributed by atoms with van der Waals surface area (Å²) in [5.41, 5.74) is 10.2. The van der Waals surface area contributed by atoms with Crippen molar-refractivity contribution in [1.82, 2.24) is 4.57 Å². The lowest BCUT2D eigenvalue weighted by Crippen LogP contribution is -2.18. The van der Waals surface area contributed by atoms with Crippen LogP contribution in [0.2, 0.25) is 0 Å². The van der Waals surface area contributed by atoms with Crippen LogP contribution in [-0.4, -0.2) is 18.8 Å². The lowest BCUT2D eigenvalue weighted by atomic mass is 9.89. The fraction of sp³-hybridized carbons (Fsp3) is 0.400. The van der Waals surface area contributed by atoms with E-state index in [-0.39, 0.29) is 0 Å². The van der Waals surface area contributed by atoms with E-state index in [1.54, 1.807) is 14.2 Å². The average molecular weight is 369 g/mol. The summed E-state index contributed by atoms with van der Waals surface area (Å²) in [4.78, 5) is 0. The first-order valence-corrected chi connectivity index (χ1v) is 9.16. The van der Waals surface area contributed by atoms with Crippen molar-refractivity contribution in [2.45, 2.75) is 38.6 Å². The Bertz CT molecular complexity index is 928. The van der Waals surface area contributed by atoms with Crippen LogP contribution in [0.25, 0.3) is 0 Å². The highest BCUT2D eigenvalue weighted by atomic mass is 32.1. The highest BCUT2D eigenvalue weighted by Gasteiger charge is 2.20. The zero-order valence-corrected chi connectivity index (χ0v) is 16.0. The number of benzene rings is 1. The zero-order valence-electron chi connectivity index (χ0n) is 15.2. The molecular weight excluding hydrogens is 346 g/mol. The standard InChI is InChI=1S/C20H23N3O2S/c1-24-17-8-7-13(11-18(17)25-2)9-10-23-19(22)16(12-21)14-5-3-4-6-15(14)20(23)26/h7-8,11H,3-6,9-10,22H2,1-2H3. The monoisotopic (exact) mass is 369 g/mol. The van der Waals surface area contributed by atoms with Crippen molar-refractivity contribution in [2.24, 2.45) is 0 Å². The highest BCUT2D eigenvalue weighted by Crippen LogP contribution is 2.31. The minimum atomic E-state index is 0.485. The van der Waals surface area contributed by atoms with E-state index >= 15 is 0 Å². The second kappa shape index (κ2) is 7.79. The first-order valence-electron chi connectivity index (χ1n) is 8.75. The summed E-state index contributed by atoms with van der Waals surface area (Å²) in [5.74, 6) is 1.89. The van der Waals surface area contributed by atoms with Gasteiger partial charge in [-0.2, -0.15) is 5.26 Å². The Morgan fingerprint density at radius 2 is 1.85 bits per heavy atom. The van der Waals surface area contributed by atoms with Crippen LogP contribution in [0.3, 0.4) is 0 Å². The average Bonchev–Trinajstić information content (AvgIpc) is 2.68. The lowest BCUT2D eigenvalue weighted by Gasteiger charge is -2.22. The Kier molecular flexibility index (Phi) is 5.48. The van der Waals surface area contributed by atoms with Crippen LogP contribution in [0.5, 0.6) is 11.5 Å². The number of nitrogen functional groups attached to an aromatic ring is 1. The predicted octanol–water partition coefficient (Wildman–Crippen LogP) is 3.81. The van der Waals surface area contributed by atoms with Gasteiger partial charge in [0.2, 0.25) is 0 Å². The van der Waals surface area contributed by atoms with Gasteiger partial charge in [-0.15, -0.1) is 0 Å². The van der Waals surface area contributed by atoms with Crippen LogP contribution >= 0.6 is 12.2 Å². The lowest BCUT2D eigenvalue weighted by molar-refractivity contribution is 0.354. The maximum absolute atomic E-state index is 9.59. The second-order valence-corrected chi connectivity index (χ2v) is 6.82. The van der Waals surface area contributed by atoms with Gasteiger partial charge in [0.1, 0.15) is 16.5 Å².